The van der Waals surface area contributed by atoms with E-state index in [4.69, 9.17) is 5.73 Å². The lowest BCUT2D eigenvalue weighted by Crippen LogP contribution is -2.02. The molecule has 0 spiro atoms. The fourth-order valence-electron chi connectivity index (χ4n) is 0.871. The third kappa shape index (κ3) is 3.05. The molecule has 2 nitrogen and oxygen atoms in total. The van der Waals surface area contributed by atoms with Crippen molar-refractivity contribution in [3.05, 3.63) is 17.5 Å². The van der Waals surface area contributed by atoms with Crippen molar-refractivity contribution in [3.63, 3.8) is 0 Å². The highest BCUT2D eigenvalue weighted by Crippen LogP contribution is 2.14. The van der Waals surface area contributed by atoms with Gasteiger partial charge >= 0.3 is 0 Å². The van der Waals surface area contributed by atoms with Gasteiger partial charge in [-0.15, -0.1) is 11.3 Å². The highest BCUT2D eigenvalue weighted by molar-refractivity contribution is 7.87. The van der Waals surface area contributed by atoms with Gasteiger partial charge in [0.15, 0.2) is 0 Å². The van der Waals surface area contributed by atoms with Crippen LogP contribution >= 0.6 is 11.3 Å². The Labute approximate surface area is 79.2 Å². The third-order valence-electron chi connectivity index (χ3n) is 1.50. The minimum absolute atomic E-state index is 0.696. The number of unbranched alkanes of at least 4 members (excludes halogenated alkanes) is 1. The van der Waals surface area contributed by atoms with E-state index in [-0.39, 0.29) is 0 Å². The van der Waals surface area contributed by atoms with Crippen LogP contribution in [0, 0.1) is 0 Å². The van der Waals surface area contributed by atoms with Crippen LogP contribution in [0.3, 0.4) is 0 Å². The van der Waals surface area contributed by atoms with Crippen LogP contribution in [0.2, 0.25) is 0 Å². The molecule has 2 N–H and O–H groups in total. The average molecular weight is 203 g/mol. The van der Waals surface area contributed by atoms with Crippen molar-refractivity contribution < 1.29 is 4.21 Å². The van der Waals surface area contributed by atoms with Gasteiger partial charge in [0.25, 0.3) is 0 Å². The molecule has 12 heavy (non-hydrogen) atoms. The second kappa shape index (κ2) is 5.45. The summed E-state index contributed by atoms with van der Waals surface area (Å²) in [5.41, 5.74) is 5.34. The summed E-state index contributed by atoms with van der Waals surface area (Å²) in [4.78, 5) is 0. The minimum Gasteiger partial charge on any atom is -0.330 e. The Bertz CT molecular complexity index is 233. The Balaban J connectivity index is 2.30. The molecule has 0 fully saturated rings. The molecule has 68 valence electrons. The zero-order valence-electron chi connectivity index (χ0n) is 6.86. The predicted molar refractivity (Wildman–Crippen MR) is 53.9 cm³/mol. The maximum atomic E-state index is 11.5. The van der Waals surface area contributed by atoms with Crippen LogP contribution in [-0.2, 0) is 10.8 Å². The Kier molecular flexibility index (Phi) is 4.50. The Morgan fingerprint density at radius 2 is 2.33 bits per heavy atom. The molecule has 1 atom stereocenters. The largest absolute Gasteiger partial charge is 0.330 e. The highest BCUT2D eigenvalue weighted by Gasteiger charge is 2.02. The first-order valence-corrected chi connectivity index (χ1v) is 6.16. The lowest BCUT2D eigenvalue weighted by Gasteiger charge is -1.97. The van der Waals surface area contributed by atoms with Gasteiger partial charge in [-0.2, -0.15) is 0 Å². The quantitative estimate of drug-likeness (QED) is 0.739. The Morgan fingerprint density at radius 3 is 2.92 bits per heavy atom. The monoisotopic (exact) mass is 203 g/mol. The second-order valence-electron chi connectivity index (χ2n) is 2.48. The van der Waals surface area contributed by atoms with Crippen molar-refractivity contribution in [3.8, 4) is 0 Å². The molecule has 0 aliphatic carbocycles. The first kappa shape index (κ1) is 9.89. The highest BCUT2D eigenvalue weighted by atomic mass is 32.2. The second-order valence-corrected chi connectivity index (χ2v) is 5.22. The summed E-state index contributed by atoms with van der Waals surface area (Å²) in [5.74, 6) is 0.748. The standard InChI is InChI=1S/C8H13NOS2/c9-5-1-2-7-12(10)8-4-3-6-11-8/h3-4,6H,1-2,5,7,9H2. The molecule has 1 unspecified atom stereocenters. The van der Waals surface area contributed by atoms with Crippen molar-refractivity contribution in [1.82, 2.24) is 0 Å². The molecule has 0 aliphatic rings. The van der Waals surface area contributed by atoms with Gasteiger partial charge < -0.3 is 5.73 Å². The molecular weight excluding hydrogens is 190 g/mol. The van der Waals surface area contributed by atoms with Crippen LogP contribution < -0.4 is 5.73 Å². The average Bonchev–Trinajstić information content (AvgIpc) is 2.56. The van der Waals surface area contributed by atoms with Crippen LogP contribution in [-0.4, -0.2) is 16.5 Å². The van der Waals surface area contributed by atoms with Crippen molar-refractivity contribution in [2.45, 2.75) is 17.1 Å². The van der Waals surface area contributed by atoms with Gasteiger partial charge in [-0.05, 0) is 30.8 Å². The fraction of sp³-hybridized carbons (Fsp3) is 0.500. The van der Waals surface area contributed by atoms with E-state index in [0.717, 1.165) is 22.8 Å². The van der Waals surface area contributed by atoms with E-state index in [1.807, 2.05) is 17.5 Å². The van der Waals surface area contributed by atoms with Gasteiger partial charge in [-0.3, -0.25) is 4.21 Å². The molecule has 0 amide bonds. The van der Waals surface area contributed by atoms with Crippen LogP contribution in [0.25, 0.3) is 0 Å². The molecule has 0 saturated heterocycles. The van der Waals surface area contributed by atoms with E-state index in [0.29, 0.717) is 6.54 Å². The zero-order valence-corrected chi connectivity index (χ0v) is 8.50. The third-order valence-corrected chi connectivity index (χ3v) is 4.26. The molecule has 1 aromatic heterocycles. The predicted octanol–water partition coefficient (Wildman–Crippen LogP) is 1.59. The Hall–Kier alpha value is -0.190. The fourth-order valence-corrected chi connectivity index (χ4v) is 3.06. The molecular formula is C8H13NOS2. The maximum absolute atomic E-state index is 11.5. The van der Waals surface area contributed by atoms with Crippen LogP contribution in [0.1, 0.15) is 12.8 Å². The van der Waals surface area contributed by atoms with Crippen LogP contribution in [0.15, 0.2) is 21.7 Å². The van der Waals surface area contributed by atoms with Crippen molar-refractivity contribution >= 4 is 22.1 Å². The van der Waals surface area contributed by atoms with E-state index in [1.165, 1.54) is 0 Å². The van der Waals surface area contributed by atoms with E-state index in [1.54, 1.807) is 11.3 Å². The molecule has 4 heteroatoms. The molecule has 0 aromatic carbocycles. The topological polar surface area (TPSA) is 43.1 Å². The van der Waals surface area contributed by atoms with E-state index in [9.17, 15) is 4.21 Å². The normalized spacial score (nSPS) is 13.1. The lowest BCUT2D eigenvalue weighted by molar-refractivity contribution is 0.679. The first-order chi connectivity index (χ1) is 5.84. The van der Waals surface area contributed by atoms with Crippen molar-refractivity contribution in [2.75, 3.05) is 12.3 Å². The summed E-state index contributed by atoms with van der Waals surface area (Å²) >= 11 is 1.56. The number of hydrogen-bond donors (Lipinski definition) is 1. The smallest absolute Gasteiger partial charge is 0.0910 e. The Morgan fingerprint density at radius 1 is 1.50 bits per heavy atom. The molecule has 0 radical (unpaired) electrons. The number of hydrogen-bond acceptors (Lipinski definition) is 3. The summed E-state index contributed by atoms with van der Waals surface area (Å²) in [6.07, 6.45) is 1.93. The minimum atomic E-state index is -0.791. The van der Waals surface area contributed by atoms with E-state index >= 15 is 0 Å². The van der Waals surface area contributed by atoms with Crippen molar-refractivity contribution in [1.29, 1.82) is 0 Å². The summed E-state index contributed by atoms with van der Waals surface area (Å²) in [6.45, 7) is 0.696. The van der Waals surface area contributed by atoms with Crippen LogP contribution in [0.5, 0.6) is 0 Å². The summed E-state index contributed by atoms with van der Waals surface area (Å²) in [5, 5.41) is 1.95. The lowest BCUT2D eigenvalue weighted by atomic mass is 10.3. The molecule has 0 bridgehead atoms. The van der Waals surface area contributed by atoms with Crippen LogP contribution in [0.4, 0.5) is 0 Å². The molecule has 1 rings (SSSR count). The summed E-state index contributed by atoms with van der Waals surface area (Å²) in [7, 11) is -0.791. The van der Waals surface area contributed by atoms with Gasteiger partial charge in [0.2, 0.25) is 0 Å². The first-order valence-electron chi connectivity index (χ1n) is 3.96. The summed E-state index contributed by atoms with van der Waals surface area (Å²) < 4.78 is 12.4. The molecule has 1 heterocycles. The van der Waals surface area contributed by atoms with Gasteiger partial charge in [0.05, 0.1) is 15.0 Å². The van der Waals surface area contributed by atoms with Gasteiger partial charge in [-0.1, -0.05) is 6.07 Å². The maximum Gasteiger partial charge on any atom is 0.0910 e. The van der Waals surface area contributed by atoms with Gasteiger partial charge in [0, 0.05) is 5.75 Å². The van der Waals surface area contributed by atoms with Gasteiger partial charge in [0.1, 0.15) is 0 Å². The molecule has 1 aromatic rings. The molecule has 0 saturated carbocycles. The zero-order chi connectivity index (χ0) is 8.81. The SMILES string of the molecule is NCCCCS(=O)c1cccs1. The number of rotatable bonds is 5. The summed E-state index contributed by atoms with van der Waals surface area (Å²) in [6, 6.07) is 3.85. The number of thiophene rings is 1. The van der Waals surface area contributed by atoms with E-state index in [2.05, 4.69) is 0 Å². The van der Waals surface area contributed by atoms with Gasteiger partial charge in [-0.25, -0.2) is 0 Å². The van der Waals surface area contributed by atoms with E-state index < -0.39 is 10.8 Å². The van der Waals surface area contributed by atoms with Crippen molar-refractivity contribution in [2.24, 2.45) is 5.73 Å². The molecule has 0 aliphatic heterocycles. The number of nitrogens with two attached hydrogens (primary N) is 1.